The number of anilines is 2. The van der Waals surface area contributed by atoms with Crippen molar-refractivity contribution in [2.45, 2.75) is 39.7 Å². The average Bonchev–Trinajstić information content (AvgIpc) is 3.16. The molecule has 0 fully saturated rings. The van der Waals surface area contributed by atoms with Crippen molar-refractivity contribution in [3.63, 3.8) is 0 Å². The van der Waals surface area contributed by atoms with Crippen LogP contribution in [-0.4, -0.2) is 16.9 Å². The lowest BCUT2D eigenvalue weighted by Gasteiger charge is -2.18. The third-order valence-electron chi connectivity index (χ3n) is 4.56. The maximum atomic E-state index is 12.5. The minimum absolute atomic E-state index is 0.0816. The summed E-state index contributed by atoms with van der Waals surface area (Å²) in [5.41, 5.74) is 3.40. The Morgan fingerprint density at radius 2 is 1.90 bits per heavy atom. The first-order valence-electron chi connectivity index (χ1n) is 9.53. The molecule has 0 aliphatic carbocycles. The second-order valence-electron chi connectivity index (χ2n) is 6.79. The summed E-state index contributed by atoms with van der Waals surface area (Å²) in [6.45, 7) is 5.53. The molecule has 0 bridgehead atoms. The lowest BCUT2D eigenvalue weighted by atomic mass is 9.97. The number of esters is 1. The second kappa shape index (κ2) is 9.47. The molecule has 0 saturated heterocycles. The van der Waals surface area contributed by atoms with Gasteiger partial charge < -0.3 is 4.74 Å². The van der Waals surface area contributed by atoms with E-state index in [0.717, 1.165) is 16.8 Å². The first-order valence-corrected chi connectivity index (χ1v) is 10.4. The standard InChI is InChI=1S/C23H24N2O3S/c1-4-21(18-10-6-5-7-11-18)22(27)28-14-19-15-29-23(24-19)25(17(3)26)20-12-8-9-16(2)13-20/h5-13,15,21H,4,14H2,1-3H3. The molecule has 3 aromatic rings. The number of benzene rings is 2. The first-order chi connectivity index (χ1) is 14.0. The van der Waals surface area contributed by atoms with Gasteiger partial charge in [0.15, 0.2) is 5.13 Å². The van der Waals surface area contributed by atoms with Gasteiger partial charge in [-0.2, -0.15) is 0 Å². The number of nitrogens with zero attached hydrogens (tertiary/aromatic N) is 2. The van der Waals surface area contributed by atoms with Crippen LogP contribution in [-0.2, 0) is 20.9 Å². The van der Waals surface area contributed by atoms with Crippen molar-refractivity contribution in [3.8, 4) is 0 Å². The van der Waals surface area contributed by atoms with Crippen LogP contribution in [0.25, 0.3) is 0 Å². The number of hydrogen-bond donors (Lipinski definition) is 0. The molecule has 29 heavy (non-hydrogen) atoms. The highest BCUT2D eigenvalue weighted by Gasteiger charge is 2.22. The lowest BCUT2D eigenvalue weighted by molar-refractivity contribution is -0.147. The highest BCUT2D eigenvalue weighted by molar-refractivity contribution is 7.14. The molecule has 0 aliphatic rings. The predicted octanol–water partition coefficient (Wildman–Crippen LogP) is 5.37. The van der Waals surface area contributed by atoms with Crippen LogP contribution in [0.2, 0.25) is 0 Å². The number of amides is 1. The summed E-state index contributed by atoms with van der Waals surface area (Å²) in [5, 5.41) is 2.38. The summed E-state index contributed by atoms with van der Waals surface area (Å²) in [5.74, 6) is -0.686. The zero-order chi connectivity index (χ0) is 20.8. The van der Waals surface area contributed by atoms with Gasteiger partial charge in [-0.25, -0.2) is 4.98 Å². The number of aryl methyl sites for hydroxylation is 1. The number of aromatic nitrogens is 1. The summed E-state index contributed by atoms with van der Waals surface area (Å²) >= 11 is 1.35. The van der Waals surface area contributed by atoms with Crippen molar-refractivity contribution in [1.82, 2.24) is 4.98 Å². The van der Waals surface area contributed by atoms with E-state index in [1.807, 2.05) is 73.8 Å². The molecule has 0 aliphatic heterocycles. The number of carbonyl (C=O) groups excluding carboxylic acids is 2. The molecule has 1 aromatic heterocycles. The van der Waals surface area contributed by atoms with Crippen LogP contribution in [0.15, 0.2) is 60.0 Å². The molecule has 6 heteroatoms. The van der Waals surface area contributed by atoms with Crippen LogP contribution in [0, 0.1) is 6.92 Å². The van der Waals surface area contributed by atoms with Crippen molar-refractivity contribution in [2.24, 2.45) is 0 Å². The van der Waals surface area contributed by atoms with Gasteiger partial charge >= 0.3 is 5.97 Å². The molecular weight excluding hydrogens is 384 g/mol. The van der Waals surface area contributed by atoms with Crippen molar-refractivity contribution in [1.29, 1.82) is 0 Å². The Labute approximate surface area is 175 Å². The molecule has 2 aromatic carbocycles. The Morgan fingerprint density at radius 1 is 1.14 bits per heavy atom. The van der Waals surface area contributed by atoms with Gasteiger partial charge in [-0.15, -0.1) is 11.3 Å². The van der Waals surface area contributed by atoms with E-state index in [0.29, 0.717) is 17.2 Å². The molecule has 0 N–H and O–H groups in total. The summed E-state index contributed by atoms with van der Waals surface area (Å²) in [7, 11) is 0. The number of ether oxygens (including phenoxy) is 1. The molecule has 0 spiro atoms. The zero-order valence-corrected chi connectivity index (χ0v) is 17.6. The molecule has 1 atom stereocenters. The van der Waals surface area contributed by atoms with Gasteiger partial charge in [0.1, 0.15) is 6.61 Å². The van der Waals surface area contributed by atoms with Crippen molar-refractivity contribution in [3.05, 3.63) is 76.8 Å². The van der Waals surface area contributed by atoms with Crippen molar-refractivity contribution < 1.29 is 14.3 Å². The highest BCUT2D eigenvalue weighted by Crippen LogP contribution is 2.30. The Morgan fingerprint density at radius 3 is 2.55 bits per heavy atom. The minimum atomic E-state index is -0.296. The van der Waals surface area contributed by atoms with Crippen molar-refractivity contribution >= 4 is 34.0 Å². The third kappa shape index (κ3) is 5.09. The number of thiazole rings is 1. The smallest absolute Gasteiger partial charge is 0.313 e. The summed E-state index contributed by atoms with van der Waals surface area (Å²) in [6, 6.07) is 17.3. The van der Waals surface area contributed by atoms with Gasteiger partial charge in [0.2, 0.25) is 5.91 Å². The van der Waals surface area contributed by atoms with Gasteiger partial charge in [0, 0.05) is 12.3 Å². The molecule has 5 nitrogen and oxygen atoms in total. The zero-order valence-electron chi connectivity index (χ0n) is 16.8. The largest absolute Gasteiger partial charge is 0.459 e. The molecule has 150 valence electrons. The summed E-state index contributed by atoms with van der Waals surface area (Å²) in [4.78, 5) is 30.9. The molecular formula is C23H24N2O3S. The molecule has 0 saturated carbocycles. The average molecular weight is 409 g/mol. The van der Waals surface area contributed by atoms with Gasteiger partial charge in [-0.1, -0.05) is 49.4 Å². The number of rotatable bonds is 7. The number of hydrogen-bond acceptors (Lipinski definition) is 5. The summed E-state index contributed by atoms with van der Waals surface area (Å²) in [6.07, 6.45) is 0.663. The van der Waals surface area contributed by atoms with Crippen LogP contribution in [0.4, 0.5) is 10.8 Å². The van der Waals surface area contributed by atoms with E-state index in [1.54, 1.807) is 4.90 Å². The molecule has 0 radical (unpaired) electrons. The van der Waals surface area contributed by atoms with Gasteiger partial charge in [-0.05, 0) is 36.6 Å². The fourth-order valence-corrected chi connectivity index (χ4v) is 4.00. The Bertz CT molecular complexity index is 985. The van der Waals surface area contributed by atoms with Crippen LogP contribution >= 0.6 is 11.3 Å². The highest BCUT2D eigenvalue weighted by atomic mass is 32.1. The predicted molar refractivity (Wildman–Crippen MR) is 115 cm³/mol. The quantitative estimate of drug-likeness (QED) is 0.493. The van der Waals surface area contributed by atoms with E-state index in [-0.39, 0.29) is 24.4 Å². The molecule has 1 amide bonds. The summed E-state index contributed by atoms with van der Waals surface area (Å²) < 4.78 is 5.52. The fraction of sp³-hybridized carbons (Fsp3) is 0.261. The Balaban J connectivity index is 1.71. The van der Waals surface area contributed by atoms with E-state index in [4.69, 9.17) is 4.74 Å². The van der Waals surface area contributed by atoms with Gasteiger partial charge in [0.25, 0.3) is 0 Å². The van der Waals surface area contributed by atoms with Crippen molar-refractivity contribution in [2.75, 3.05) is 4.90 Å². The molecule has 1 unspecified atom stereocenters. The second-order valence-corrected chi connectivity index (χ2v) is 7.63. The van der Waals surface area contributed by atoms with E-state index in [1.165, 1.54) is 18.3 Å². The fourth-order valence-electron chi connectivity index (χ4n) is 3.13. The molecule has 1 heterocycles. The Kier molecular flexibility index (Phi) is 6.77. The number of carbonyl (C=O) groups is 2. The molecule has 3 rings (SSSR count). The van der Waals surface area contributed by atoms with Crippen LogP contribution < -0.4 is 4.90 Å². The SMILES string of the molecule is CCC(C(=O)OCc1csc(N(C(C)=O)c2cccc(C)c2)n1)c1ccccc1. The Hall–Kier alpha value is -2.99. The maximum Gasteiger partial charge on any atom is 0.313 e. The van der Waals surface area contributed by atoms with Gasteiger partial charge in [0.05, 0.1) is 17.3 Å². The van der Waals surface area contributed by atoms with E-state index < -0.39 is 0 Å². The van der Waals surface area contributed by atoms with E-state index in [2.05, 4.69) is 4.98 Å². The third-order valence-corrected chi connectivity index (χ3v) is 5.44. The van der Waals surface area contributed by atoms with Crippen LogP contribution in [0.1, 0.15) is 43.0 Å². The normalized spacial score (nSPS) is 11.7. The van der Waals surface area contributed by atoms with Crippen LogP contribution in [0.5, 0.6) is 0 Å². The maximum absolute atomic E-state index is 12.5. The lowest BCUT2D eigenvalue weighted by Crippen LogP contribution is -2.22. The van der Waals surface area contributed by atoms with Crippen LogP contribution in [0.3, 0.4) is 0 Å². The van der Waals surface area contributed by atoms with E-state index in [9.17, 15) is 9.59 Å². The monoisotopic (exact) mass is 408 g/mol. The van der Waals surface area contributed by atoms with E-state index >= 15 is 0 Å². The topological polar surface area (TPSA) is 59.5 Å². The first kappa shape index (κ1) is 20.7. The van der Waals surface area contributed by atoms with Gasteiger partial charge in [-0.3, -0.25) is 14.5 Å². The minimum Gasteiger partial charge on any atom is -0.459 e.